The number of hydrogen-bond donors (Lipinski definition) is 6. The van der Waals surface area contributed by atoms with E-state index in [1.165, 1.54) is 36.9 Å². The Labute approximate surface area is 384 Å². The normalized spacial score (nSPS) is 33.1. The minimum atomic E-state index is -1.93. The van der Waals surface area contributed by atoms with E-state index in [1.807, 2.05) is 9.80 Å². The van der Waals surface area contributed by atoms with Gasteiger partial charge < -0.3 is 36.1 Å². The van der Waals surface area contributed by atoms with E-state index in [0.29, 0.717) is 56.6 Å². The lowest BCUT2D eigenvalue weighted by Gasteiger charge is -2.56. The first-order valence-corrected chi connectivity index (χ1v) is 23.5. The lowest BCUT2D eigenvalue weighted by molar-refractivity contribution is -0.178. The van der Waals surface area contributed by atoms with Gasteiger partial charge in [-0.15, -0.1) is 22.7 Å². The molecular weight excluding hydrogens is 879 g/mol. The minimum absolute atomic E-state index is 0.168. The SMILES string of the molecule is CO[C@@]1(CC(N)=O)c2csc(n2)[C@]1(C(=O)NC(=O)O)N1CCCC1[C@@H]1CC(C)[C@@](C)(C2CCCN2[C@@]2(C(=O)NC(=O)O)c3nc(cs3)[C@]2(CC(N)=O)OC)N1c1ccc(C(C)(C)C)cc1. The number of carbonyl (C=O) groups excluding carboxylic acids is 4. The monoisotopic (exact) mass is 935 g/mol. The summed E-state index contributed by atoms with van der Waals surface area (Å²) in [6.07, 6.45) is -1.24. The van der Waals surface area contributed by atoms with E-state index in [4.69, 9.17) is 30.9 Å². The molecule has 5 aliphatic rings. The van der Waals surface area contributed by atoms with Crippen molar-refractivity contribution in [2.45, 2.75) is 131 Å². The van der Waals surface area contributed by atoms with Gasteiger partial charge in [0, 0.05) is 61.9 Å². The molecule has 8 rings (SSSR count). The summed E-state index contributed by atoms with van der Waals surface area (Å²) in [4.78, 5) is 96.6. The number of benzene rings is 1. The topological polar surface area (TPSA) is 273 Å². The summed E-state index contributed by atoms with van der Waals surface area (Å²) in [6, 6.07) is 6.93. The summed E-state index contributed by atoms with van der Waals surface area (Å²) >= 11 is 2.37. The number of fused-ring (bicyclic) bond motifs is 4. The van der Waals surface area contributed by atoms with Crippen LogP contribution in [0.25, 0.3) is 0 Å². The first-order chi connectivity index (χ1) is 30.6. The van der Waals surface area contributed by atoms with Crippen LogP contribution in [-0.2, 0) is 56.3 Å². The Morgan fingerprint density at radius 2 is 1.26 bits per heavy atom. The molecule has 9 atom stereocenters. The second kappa shape index (κ2) is 16.1. The zero-order chi connectivity index (χ0) is 47.2. The smallest absolute Gasteiger partial charge is 0.411 e. The van der Waals surface area contributed by atoms with Gasteiger partial charge in [-0.1, -0.05) is 39.8 Å². The van der Waals surface area contributed by atoms with Crippen LogP contribution in [-0.4, -0.2) is 117 Å². The number of aromatic nitrogens is 2. The first kappa shape index (κ1) is 46.5. The van der Waals surface area contributed by atoms with E-state index in [2.05, 4.69) is 74.4 Å². The fourth-order valence-electron chi connectivity index (χ4n) is 12.5. The van der Waals surface area contributed by atoms with E-state index < -0.39 is 94.6 Å². The molecule has 5 aliphatic heterocycles. The van der Waals surface area contributed by atoms with Crippen molar-refractivity contribution in [2.24, 2.45) is 17.4 Å². The van der Waals surface area contributed by atoms with Crippen molar-refractivity contribution in [1.29, 1.82) is 0 Å². The third kappa shape index (κ3) is 6.39. The zero-order valence-corrected chi connectivity index (χ0v) is 39.1. The highest BCUT2D eigenvalue weighted by atomic mass is 32.1. The van der Waals surface area contributed by atoms with Gasteiger partial charge in [0.2, 0.25) is 11.8 Å². The third-order valence-electron chi connectivity index (χ3n) is 15.3. The predicted molar refractivity (Wildman–Crippen MR) is 238 cm³/mol. The summed E-state index contributed by atoms with van der Waals surface area (Å²) < 4.78 is 12.5. The summed E-state index contributed by atoms with van der Waals surface area (Å²) in [5, 5.41) is 28.4. The molecule has 0 saturated carbocycles. The number of thiazole rings is 2. The van der Waals surface area contributed by atoms with Crippen molar-refractivity contribution >= 4 is 64.2 Å². The van der Waals surface area contributed by atoms with Crippen molar-refractivity contribution < 1.29 is 48.5 Å². The lowest BCUT2D eigenvalue weighted by Crippen LogP contribution is -2.73. The molecular formula is C44H57N9O10S2. The van der Waals surface area contributed by atoms with Gasteiger partial charge in [-0.25, -0.2) is 19.6 Å². The maximum atomic E-state index is 15.0. The number of nitrogens with two attached hydrogens (primary N) is 2. The number of carboxylic acid groups (broad SMARTS) is 2. The number of ether oxygens (including phenoxy) is 2. The lowest BCUT2D eigenvalue weighted by atomic mass is 9.72. The van der Waals surface area contributed by atoms with Gasteiger partial charge in [-0.3, -0.25) is 39.6 Å². The molecule has 6 amide bonds. The van der Waals surface area contributed by atoms with Crippen molar-refractivity contribution in [1.82, 2.24) is 30.4 Å². The Balaban J connectivity index is 1.33. The number of primary amides is 2. The molecule has 8 N–H and O–H groups in total. The van der Waals surface area contributed by atoms with Crippen LogP contribution < -0.4 is 27.0 Å². The standard InChI is InChI=1S/C44H57N9O10S2/c1-23-18-27(26-10-8-16-51(26)43(33(56)49-37(58)59)35-47-28(21-64-35)41(43,62-6)19-31(45)54)53(25-14-12-24(13-15-25)39(2,3)4)40(23,5)30-11-9-17-52(30)44(34(57)50-38(60)61)36-48-29(22-65-36)42(44,63-7)20-32(46)55/h12-15,21-23,26-27,30H,8-11,16-20H2,1-7H3,(H2,45,54)(H2,46,55)(H,49,56)(H,50,57)(H,58,59)(H,60,61)/t23?,26?,27-,30?,40-,41-,42-,43-,44-/m0/s1. The van der Waals surface area contributed by atoms with Crippen LogP contribution >= 0.6 is 22.7 Å². The number of methoxy groups -OCH3 is 2. The molecule has 3 aromatic rings. The highest BCUT2D eigenvalue weighted by molar-refractivity contribution is 7.10. The van der Waals surface area contributed by atoms with E-state index in [1.54, 1.807) is 10.8 Å². The molecule has 3 saturated heterocycles. The summed E-state index contributed by atoms with van der Waals surface area (Å²) in [5.41, 5.74) is 5.94. The van der Waals surface area contributed by atoms with Crippen LogP contribution in [0, 0.1) is 5.92 Å². The number of imide groups is 2. The Morgan fingerprint density at radius 3 is 1.72 bits per heavy atom. The molecule has 1 aromatic carbocycles. The average Bonchev–Trinajstić information content (AvgIpc) is 4.09. The number of likely N-dealkylation sites (tertiary alicyclic amines) is 2. The largest absolute Gasteiger partial charge is 0.465 e. The predicted octanol–water partition coefficient (Wildman–Crippen LogP) is 3.64. The van der Waals surface area contributed by atoms with Crippen LogP contribution in [0.5, 0.6) is 0 Å². The maximum absolute atomic E-state index is 15.0. The molecule has 7 heterocycles. The Morgan fingerprint density at radius 1 is 0.785 bits per heavy atom. The van der Waals surface area contributed by atoms with Gasteiger partial charge in [0.1, 0.15) is 10.0 Å². The Hall–Kier alpha value is -5.06. The minimum Gasteiger partial charge on any atom is -0.465 e. The molecule has 4 bridgehead atoms. The number of anilines is 1. The number of amides is 6. The molecule has 65 heavy (non-hydrogen) atoms. The fourth-order valence-corrected chi connectivity index (χ4v) is 14.9. The van der Waals surface area contributed by atoms with Crippen LogP contribution in [0.3, 0.4) is 0 Å². The molecule has 0 aliphatic carbocycles. The molecule has 3 fully saturated rings. The van der Waals surface area contributed by atoms with Gasteiger partial charge in [0.25, 0.3) is 11.8 Å². The van der Waals surface area contributed by atoms with Crippen molar-refractivity contribution in [2.75, 3.05) is 32.2 Å². The van der Waals surface area contributed by atoms with Crippen LogP contribution in [0.4, 0.5) is 15.3 Å². The van der Waals surface area contributed by atoms with Gasteiger partial charge in [-0.2, -0.15) is 0 Å². The number of nitrogens with zero attached hydrogens (tertiary/aromatic N) is 5. The van der Waals surface area contributed by atoms with Crippen molar-refractivity contribution in [3.63, 3.8) is 0 Å². The number of nitrogens with one attached hydrogen (secondary N) is 2. The molecule has 19 nitrogen and oxygen atoms in total. The van der Waals surface area contributed by atoms with E-state index >= 15 is 0 Å². The van der Waals surface area contributed by atoms with Crippen LogP contribution in [0.15, 0.2) is 35.0 Å². The molecule has 0 radical (unpaired) electrons. The highest BCUT2D eigenvalue weighted by Gasteiger charge is 2.75. The quantitative estimate of drug-likeness (QED) is 0.143. The maximum Gasteiger partial charge on any atom is 0.411 e. The van der Waals surface area contributed by atoms with E-state index in [0.717, 1.165) is 11.3 Å². The highest BCUT2D eigenvalue weighted by Crippen LogP contribution is 2.62. The zero-order valence-electron chi connectivity index (χ0n) is 37.5. The number of hydrogen-bond acceptors (Lipinski definition) is 15. The van der Waals surface area contributed by atoms with Crippen molar-refractivity contribution in [3.8, 4) is 0 Å². The van der Waals surface area contributed by atoms with Gasteiger partial charge in [0.15, 0.2) is 22.3 Å². The van der Waals surface area contributed by atoms with Gasteiger partial charge >= 0.3 is 12.2 Å². The molecule has 350 valence electrons. The van der Waals surface area contributed by atoms with Gasteiger partial charge in [0.05, 0.1) is 29.8 Å². The second-order valence-electron chi connectivity index (χ2n) is 19.2. The average molecular weight is 936 g/mol. The Bertz CT molecular complexity index is 2440. The fraction of sp³-hybridized carbons (Fsp3) is 0.591. The van der Waals surface area contributed by atoms with Gasteiger partial charge in [-0.05, 0) is 68.1 Å². The van der Waals surface area contributed by atoms with E-state index in [9.17, 15) is 39.0 Å². The molecule has 2 aromatic heterocycles. The number of carbonyl (C=O) groups is 6. The third-order valence-corrected chi connectivity index (χ3v) is 17.2. The number of rotatable bonds is 13. The van der Waals surface area contributed by atoms with Crippen LogP contribution in [0.2, 0.25) is 0 Å². The summed E-state index contributed by atoms with van der Waals surface area (Å²) in [7, 11) is 2.74. The van der Waals surface area contributed by atoms with Crippen LogP contribution in [0.1, 0.15) is 107 Å². The Kier molecular flexibility index (Phi) is 11.5. The molecule has 21 heteroatoms. The first-order valence-electron chi connectivity index (χ1n) is 21.7. The summed E-state index contributed by atoms with van der Waals surface area (Å²) in [6.45, 7) is 11.3. The molecule has 3 unspecified atom stereocenters. The van der Waals surface area contributed by atoms with E-state index in [-0.39, 0.29) is 21.3 Å². The second-order valence-corrected chi connectivity index (χ2v) is 20.9. The summed E-state index contributed by atoms with van der Waals surface area (Å²) in [5.74, 6) is -3.53. The van der Waals surface area contributed by atoms with Crippen molar-refractivity contribution in [3.05, 3.63) is 62.0 Å². The molecule has 0 spiro atoms.